The number of nitrogens with one attached hydrogen (secondary N) is 1. The first-order valence-corrected chi connectivity index (χ1v) is 13.8. The summed E-state index contributed by atoms with van der Waals surface area (Å²) in [6, 6.07) is 22.7. The lowest BCUT2D eigenvalue weighted by Gasteiger charge is -2.31. The predicted octanol–water partition coefficient (Wildman–Crippen LogP) is 6.32. The lowest BCUT2D eigenvalue weighted by atomic mass is 10.0. The van der Waals surface area contributed by atoms with E-state index in [1.54, 1.807) is 4.90 Å². The Balaban J connectivity index is 1.89. The zero-order chi connectivity index (χ0) is 25.9. The van der Waals surface area contributed by atoms with Gasteiger partial charge >= 0.3 is 0 Å². The molecule has 0 aliphatic heterocycles. The van der Waals surface area contributed by atoms with Crippen molar-refractivity contribution in [3.63, 3.8) is 0 Å². The minimum atomic E-state index is -0.681. The number of ether oxygens (including phenoxy) is 1. The molecule has 0 fully saturated rings. The van der Waals surface area contributed by atoms with E-state index in [9.17, 15) is 9.59 Å². The monoisotopic (exact) mass is 614 g/mol. The minimum absolute atomic E-state index is 0.169. The summed E-state index contributed by atoms with van der Waals surface area (Å²) in [6.07, 6.45) is 2.13. The highest BCUT2D eigenvalue weighted by Crippen LogP contribution is 2.26. The number of carbonyl (C=O) groups is 2. The summed E-state index contributed by atoms with van der Waals surface area (Å²) in [6.45, 7) is 4.75. The third kappa shape index (κ3) is 8.20. The van der Waals surface area contributed by atoms with E-state index in [0.29, 0.717) is 18.7 Å². The lowest BCUT2D eigenvalue weighted by Crippen LogP contribution is -2.51. The Bertz CT molecular complexity index is 1150. The van der Waals surface area contributed by atoms with Gasteiger partial charge in [0.15, 0.2) is 6.61 Å². The average Bonchev–Trinajstić information content (AvgIpc) is 2.89. The molecule has 0 aromatic heterocycles. The van der Waals surface area contributed by atoms with Gasteiger partial charge in [-0.25, -0.2) is 0 Å². The summed E-state index contributed by atoms with van der Waals surface area (Å²) < 4.78 is 7.64. The molecule has 3 aromatic carbocycles. The first-order valence-electron chi connectivity index (χ1n) is 12.2. The molecule has 3 rings (SSSR count). The maximum Gasteiger partial charge on any atom is 0.261 e. The number of benzene rings is 3. The molecule has 3 aromatic rings. The largest absolute Gasteiger partial charge is 0.483 e. The molecule has 190 valence electrons. The van der Waals surface area contributed by atoms with Crippen LogP contribution in [0.2, 0.25) is 0 Å². The van der Waals surface area contributed by atoms with Crippen LogP contribution in [-0.4, -0.2) is 35.9 Å². The Hall–Kier alpha value is -2.64. The molecule has 1 atom stereocenters. The molecule has 0 heterocycles. The summed E-state index contributed by atoms with van der Waals surface area (Å²) in [7, 11) is 0. The van der Waals surface area contributed by atoms with Gasteiger partial charge < -0.3 is 15.0 Å². The topological polar surface area (TPSA) is 58.6 Å². The highest BCUT2D eigenvalue weighted by molar-refractivity contribution is 9.10. The highest BCUT2D eigenvalue weighted by atomic mass is 79.9. The van der Waals surface area contributed by atoms with Crippen molar-refractivity contribution >= 4 is 43.7 Å². The molecule has 0 aliphatic rings. The Labute approximate surface area is 230 Å². The maximum absolute atomic E-state index is 13.6. The molecule has 0 radical (unpaired) electrons. The molecule has 1 unspecified atom stereocenters. The number of rotatable bonds is 12. The fourth-order valence-corrected chi connectivity index (χ4v) is 4.84. The van der Waals surface area contributed by atoms with Crippen molar-refractivity contribution in [3.05, 3.63) is 98.4 Å². The van der Waals surface area contributed by atoms with Gasteiger partial charge in [0.2, 0.25) is 5.91 Å². The van der Waals surface area contributed by atoms with Gasteiger partial charge in [-0.1, -0.05) is 78.3 Å². The third-order valence-corrected chi connectivity index (χ3v) is 6.93. The second kappa shape index (κ2) is 14.2. The van der Waals surface area contributed by atoms with Gasteiger partial charge in [0.05, 0.1) is 4.47 Å². The fraction of sp³-hybridized carbons (Fsp3) is 0.310. The number of aryl methyl sites for hydroxylation is 1. The highest BCUT2D eigenvalue weighted by Gasteiger charge is 2.30. The van der Waals surface area contributed by atoms with Crippen molar-refractivity contribution in [2.24, 2.45) is 0 Å². The number of nitrogens with zero attached hydrogens (tertiary/aromatic N) is 1. The molecular weight excluding hydrogens is 584 g/mol. The number of amides is 2. The maximum atomic E-state index is 13.6. The molecule has 2 amide bonds. The van der Waals surface area contributed by atoms with E-state index in [2.05, 4.69) is 44.1 Å². The van der Waals surface area contributed by atoms with Crippen LogP contribution in [0, 0.1) is 0 Å². The Kier molecular flexibility index (Phi) is 11.0. The van der Waals surface area contributed by atoms with Gasteiger partial charge in [0.1, 0.15) is 11.8 Å². The van der Waals surface area contributed by atoms with Crippen LogP contribution in [-0.2, 0) is 29.0 Å². The van der Waals surface area contributed by atoms with Crippen molar-refractivity contribution < 1.29 is 14.3 Å². The van der Waals surface area contributed by atoms with Gasteiger partial charge in [-0.05, 0) is 69.7 Å². The molecule has 0 saturated heterocycles. The SMILES string of the molecule is CCCNC(=O)C(Cc1ccccc1)N(Cc1cccc(Br)c1)C(=O)COc1ccc(CC)cc1Br. The Morgan fingerprint density at radius 3 is 2.33 bits per heavy atom. The second-order valence-corrected chi connectivity index (χ2v) is 10.3. The third-order valence-electron chi connectivity index (χ3n) is 5.82. The van der Waals surface area contributed by atoms with Crippen molar-refractivity contribution in [2.75, 3.05) is 13.2 Å². The predicted molar refractivity (Wildman–Crippen MR) is 151 cm³/mol. The van der Waals surface area contributed by atoms with Crippen LogP contribution >= 0.6 is 31.9 Å². The van der Waals surface area contributed by atoms with Crippen LogP contribution in [0.4, 0.5) is 0 Å². The van der Waals surface area contributed by atoms with Crippen LogP contribution in [0.5, 0.6) is 5.75 Å². The Morgan fingerprint density at radius 1 is 0.917 bits per heavy atom. The lowest BCUT2D eigenvalue weighted by molar-refractivity contribution is -0.142. The molecule has 0 spiro atoms. The van der Waals surface area contributed by atoms with E-state index in [1.165, 1.54) is 5.56 Å². The van der Waals surface area contributed by atoms with E-state index in [1.807, 2.05) is 79.7 Å². The van der Waals surface area contributed by atoms with Gasteiger partial charge in [-0.2, -0.15) is 0 Å². The molecule has 0 saturated carbocycles. The summed E-state index contributed by atoms with van der Waals surface area (Å²) in [5.74, 6) is 0.171. The van der Waals surface area contributed by atoms with Gasteiger partial charge in [-0.3, -0.25) is 9.59 Å². The van der Waals surface area contributed by atoms with Crippen LogP contribution in [0.15, 0.2) is 81.7 Å². The zero-order valence-corrected chi connectivity index (χ0v) is 23.8. The molecule has 7 heteroatoms. The number of hydrogen-bond donors (Lipinski definition) is 1. The number of carbonyl (C=O) groups excluding carboxylic acids is 2. The quantitative estimate of drug-likeness (QED) is 0.259. The number of halogens is 2. The van der Waals surface area contributed by atoms with Gasteiger partial charge in [-0.15, -0.1) is 0 Å². The van der Waals surface area contributed by atoms with Crippen LogP contribution in [0.3, 0.4) is 0 Å². The molecule has 0 bridgehead atoms. The van der Waals surface area contributed by atoms with Gasteiger partial charge in [0, 0.05) is 24.0 Å². The normalized spacial score (nSPS) is 11.6. The minimum Gasteiger partial charge on any atom is -0.483 e. The second-order valence-electron chi connectivity index (χ2n) is 8.56. The molecule has 0 aliphatic carbocycles. The van der Waals surface area contributed by atoms with Crippen LogP contribution in [0.25, 0.3) is 0 Å². The van der Waals surface area contributed by atoms with Crippen molar-refractivity contribution in [3.8, 4) is 5.75 Å². The van der Waals surface area contributed by atoms with Crippen molar-refractivity contribution in [1.82, 2.24) is 10.2 Å². The number of hydrogen-bond acceptors (Lipinski definition) is 3. The molecule has 36 heavy (non-hydrogen) atoms. The van der Waals surface area contributed by atoms with E-state index < -0.39 is 6.04 Å². The fourth-order valence-electron chi connectivity index (χ4n) is 3.86. The van der Waals surface area contributed by atoms with Crippen molar-refractivity contribution in [2.45, 2.75) is 45.7 Å². The first-order chi connectivity index (χ1) is 17.4. The Morgan fingerprint density at radius 2 is 1.67 bits per heavy atom. The average molecular weight is 616 g/mol. The summed E-state index contributed by atoms with van der Waals surface area (Å²) in [5, 5.41) is 2.99. The summed E-state index contributed by atoms with van der Waals surface area (Å²) in [5.41, 5.74) is 3.08. The van der Waals surface area contributed by atoms with Crippen LogP contribution < -0.4 is 10.1 Å². The molecular formula is C29H32Br2N2O3. The zero-order valence-electron chi connectivity index (χ0n) is 20.7. The van der Waals surface area contributed by atoms with Crippen molar-refractivity contribution in [1.29, 1.82) is 0 Å². The van der Waals surface area contributed by atoms with E-state index in [4.69, 9.17) is 4.74 Å². The standard InChI is InChI=1S/C29H32Br2N2O3/c1-3-15-32-29(35)26(18-22-9-6-5-7-10-22)33(19-23-11-8-12-24(30)16-23)28(34)20-36-27-14-13-21(4-2)17-25(27)31/h5-14,16-17,26H,3-4,15,18-20H2,1-2H3,(H,32,35). The molecule has 5 nitrogen and oxygen atoms in total. The summed E-state index contributed by atoms with van der Waals surface area (Å²) >= 11 is 7.05. The summed E-state index contributed by atoms with van der Waals surface area (Å²) in [4.78, 5) is 28.6. The van der Waals surface area contributed by atoms with E-state index >= 15 is 0 Å². The van der Waals surface area contributed by atoms with Crippen LogP contribution in [0.1, 0.15) is 37.0 Å². The smallest absolute Gasteiger partial charge is 0.261 e. The van der Waals surface area contributed by atoms with E-state index in [-0.39, 0.29) is 25.0 Å². The van der Waals surface area contributed by atoms with Gasteiger partial charge in [0.25, 0.3) is 5.91 Å². The van der Waals surface area contributed by atoms with E-state index in [0.717, 1.165) is 32.9 Å². The molecule has 1 N–H and O–H groups in total. The first kappa shape index (κ1) is 27.9.